The number of cyclic esters (lactones) is 1. The minimum atomic E-state index is -1.44. The summed E-state index contributed by atoms with van der Waals surface area (Å²) in [5.74, 6) is -1.02. The lowest BCUT2D eigenvalue weighted by molar-refractivity contribution is -0.364. The lowest BCUT2D eigenvalue weighted by atomic mass is 9.66. The Morgan fingerprint density at radius 3 is 2.26 bits per heavy atom. The quantitative estimate of drug-likeness (QED) is 0.430. The van der Waals surface area contributed by atoms with Crippen LogP contribution >= 0.6 is 0 Å². The number of hydrogen-bond donors (Lipinski definition) is 3. The summed E-state index contributed by atoms with van der Waals surface area (Å²) >= 11 is 0. The minimum absolute atomic E-state index is 0.0301. The molecule has 13 heteroatoms. The number of carbonyl (C=O) groups is 1. The van der Waals surface area contributed by atoms with E-state index in [0.29, 0.717) is 28.2 Å². The fourth-order valence-electron chi connectivity index (χ4n) is 6.74. The first-order valence-electron chi connectivity index (χ1n) is 13.8. The third-order valence-electron chi connectivity index (χ3n) is 8.75. The first kappa shape index (κ1) is 27.5. The molecule has 0 spiro atoms. The van der Waals surface area contributed by atoms with Crippen LogP contribution in [0.15, 0.2) is 24.3 Å². The number of aliphatic hydroxyl groups excluding tert-OH is 2. The van der Waals surface area contributed by atoms with Crippen molar-refractivity contribution in [1.29, 1.82) is 0 Å². The van der Waals surface area contributed by atoms with Crippen molar-refractivity contribution in [3.63, 3.8) is 0 Å². The van der Waals surface area contributed by atoms with Gasteiger partial charge in [-0.2, -0.15) is 0 Å². The van der Waals surface area contributed by atoms with E-state index in [2.05, 4.69) is 0 Å². The number of phenolic OH excluding ortho intramolecular Hbond substituents is 1. The number of carbonyl (C=O) groups excluding carboxylic acids is 1. The Kier molecular flexibility index (Phi) is 6.83. The molecule has 0 radical (unpaired) electrons. The molecule has 3 N–H and O–H groups in total. The Bertz CT molecular complexity index is 1350. The second kappa shape index (κ2) is 10.4. The van der Waals surface area contributed by atoms with Crippen molar-refractivity contribution >= 4 is 5.97 Å². The third kappa shape index (κ3) is 4.26. The summed E-state index contributed by atoms with van der Waals surface area (Å²) in [5.41, 5.74) is 2.01. The van der Waals surface area contributed by atoms with Gasteiger partial charge in [0.2, 0.25) is 12.5 Å². The van der Waals surface area contributed by atoms with Gasteiger partial charge in [0.1, 0.15) is 24.4 Å². The van der Waals surface area contributed by atoms with Gasteiger partial charge in [-0.15, -0.1) is 0 Å². The van der Waals surface area contributed by atoms with Gasteiger partial charge in [0.25, 0.3) is 0 Å². The van der Waals surface area contributed by atoms with Crippen molar-refractivity contribution in [2.75, 3.05) is 34.2 Å². The third-order valence-corrected chi connectivity index (χ3v) is 8.75. The number of phenols is 1. The predicted molar refractivity (Wildman–Crippen MR) is 138 cm³/mol. The van der Waals surface area contributed by atoms with Gasteiger partial charge in [-0.25, -0.2) is 0 Å². The molecular weight excluding hydrogens is 556 g/mol. The van der Waals surface area contributed by atoms with Crippen molar-refractivity contribution in [1.82, 2.24) is 0 Å². The average molecular weight is 589 g/mol. The number of rotatable bonds is 5. The number of ether oxygens (including phenoxy) is 9. The summed E-state index contributed by atoms with van der Waals surface area (Å²) in [5, 5.41) is 32.5. The van der Waals surface area contributed by atoms with E-state index >= 15 is 0 Å². The number of aliphatic hydroxyl groups is 2. The Labute approximate surface area is 240 Å². The molecule has 0 saturated carbocycles. The van der Waals surface area contributed by atoms with Crippen LogP contribution in [0.3, 0.4) is 0 Å². The fourth-order valence-corrected chi connectivity index (χ4v) is 6.74. The van der Waals surface area contributed by atoms with Crippen molar-refractivity contribution in [3.05, 3.63) is 41.0 Å². The van der Waals surface area contributed by atoms with Gasteiger partial charge in [-0.1, -0.05) is 0 Å². The number of fused-ring (bicyclic) bond motifs is 4. The molecular formula is C29H32O13. The normalized spacial score (nSPS) is 36.5. The zero-order valence-corrected chi connectivity index (χ0v) is 23.1. The van der Waals surface area contributed by atoms with Crippen molar-refractivity contribution in [2.45, 2.75) is 55.9 Å². The van der Waals surface area contributed by atoms with E-state index in [9.17, 15) is 20.1 Å². The highest BCUT2D eigenvalue weighted by molar-refractivity contribution is 5.79. The van der Waals surface area contributed by atoms with E-state index < -0.39 is 66.8 Å². The Morgan fingerprint density at radius 1 is 0.881 bits per heavy atom. The zero-order chi connectivity index (χ0) is 29.3. The Balaban J connectivity index is 1.32. The van der Waals surface area contributed by atoms with E-state index in [4.69, 9.17) is 42.6 Å². The lowest BCUT2D eigenvalue weighted by Gasteiger charge is -2.47. The first-order chi connectivity index (χ1) is 20.3. The molecule has 4 heterocycles. The van der Waals surface area contributed by atoms with Gasteiger partial charge in [-0.05, 0) is 47.9 Å². The van der Waals surface area contributed by atoms with Crippen LogP contribution in [-0.4, -0.2) is 92.5 Å². The van der Waals surface area contributed by atoms with Crippen LogP contribution in [0.5, 0.6) is 28.7 Å². The van der Waals surface area contributed by atoms with Crippen LogP contribution in [0.25, 0.3) is 0 Å². The predicted octanol–water partition coefficient (Wildman–Crippen LogP) is 1.34. The number of aromatic hydroxyl groups is 1. The topological polar surface area (TPSA) is 161 Å². The Hall–Kier alpha value is -3.33. The molecule has 0 unspecified atom stereocenters. The van der Waals surface area contributed by atoms with Gasteiger partial charge in [0.05, 0.1) is 39.5 Å². The SMILES string of the molecule is COc1cc([C@@H]2c3cc4c(cc3[C@@H](O[C@H]3O[C@@H]5CO[C@@H](C)O[C@H]5[C@H](O)[C@H]3O)[C@H]3COC(=O)[C@H]23)OCO4)cc(OC)c1O. The van der Waals surface area contributed by atoms with E-state index in [1.807, 2.05) is 0 Å². The molecule has 10 atom stereocenters. The molecule has 7 rings (SSSR count). The molecule has 0 amide bonds. The van der Waals surface area contributed by atoms with Crippen LogP contribution in [0.2, 0.25) is 0 Å². The van der Waals surface area contributed by atoms with Crippen LogP contribution in [0.4, 0.5) is 0 Å². The maximum atomic E-state index is 13.4. The van der Waals surface area contributed by atoms with Gasteiger partial charge in [0.15, 0.2) is 35.6 Å². The van der Waals surface area contributed by atoms with Crippen molar-refractivity contribution in [3.8, 4) is 28.7 Å². The summed E-state index contributed by atoms with van der Waals surface area (Å²) < 4.78 is 51.5. The molecule has 3 fully saturated rings. The number of hydrogen-bond acceptors (Lipinski definition) is 13. The maximum absolute atomic E-state index is 13.4. The molecule has 0 bridgehead atoms. The van der Waals surface area contributed by atoms with Crippen LogP contribution in [-0.2, 0) is 28.5 Å². The highest BCUT2D eigenvalue weighted by Gasteiger charge is 2.56. The summed E-state index contributed by atoms with van der Waals surface area (Å²) in [6.45, 7) is 1.93. The molecule has 226 valence electrons. The van der Waals surface area contributed by atoms with Crippen LogP contribution in [0.1, 0.15) is 35.6 Å². The van der Waals surface area contributed by atoms with E-state index in [-0.39, 0.29) is 37.3 Å². The first-order valence-corrected chi connectivity index (χ1v) is 13.8. The molecule has 13 nitrogen and oxygen atoms in total. The van der Waals surface area contributed by atoms with E-state index in [0.717, 1.165) is 0 Å². The van der Waals surface area contributed by atoms with E-state index in [1.54, 1.807) is 31.2 Å². The molecule has 2 aromatic rings. The molecule has 1 aliphatic carbocycles. The Morgan fingerprint density at radius 2 is 1.57 bits per heavy atom. The molecule has 2 aromatic carbocycles. The maximum Gasteiger partial charge on any atom is 0.310 e. The zero-order valence-electron chi connectivity index (χ0n) is 23.1. The summed E-state index contributed by atoms with van der Waals surface area (Å²) in [7, 11) is 2.86. The smallest absolute Gasteiger partial charge is 0.310 e. The van der Waals surface area contributed by atoms with Gasteiger partial charge in [0, 0.05) is 11.8 Å². The highest BCUT2D eigenvalue weighted by atomic mass is 16.8. The van der Waals surface area contributed by atoms with Crippen LogP contribution < -0.4 is 18.9 Å². The van der Waals surface area contributed by atoms with Crippen molar-refractivity contribution in [2.24, 2.45) is 11.8 Å². The van der Waals surface area contributed by atoms with Gasteiger partial charge in [-0.3, -0.25) is 4.79 Å². The largest absolute Gasteiger partial charge is 0.502 e. The molecule has 4 aliphatic heterocycles. The second-order valence-corrected chi connectivity index (χ2v) is 11.0. The number of esters is 1. The number of methoxy groups -OCH3 is 2. The van der Waals surface area contributed by atoms with Crippen molar-refractivity contribution < 1.29 is 62.7 Å². The fraction of sp³-hybridized carbons (Fsp3) is 0.552. The molecule has 42 heavy (non-hydrogen) atoms. The highest BCUT2D eigenvalue weighted by Crippen LogP contribution is 2.57. The second-order valence-electron chi connectivity index (χ2n) is 11.0. The molecule has 0 aromatic heterocycles. The monoisotopic (exact) mass is 588 g/mol. The molecule has 5 aliphatic rings. The average Bonchev–Trinajstić information content (AvgIpc) is 3.61. The summed E-state index contributed by atoms with van der Waals surface area (Å²) in [4.78, 5) is 13.4. The minimum Gasteiger partial charge on any atom is -0.502 e. The standard InChI is InChI=1S/C29H32O13/c1-11-36-9-20-27(40-11)24(31)25(32)29(41-20)42-26-14-7-17-16(38-10-39-17)6-13(14)21(22-15(26)8-37-28(22)33)12-4-18(34-2)23(30)19(5-12)35-3/h4-7,11,15,20-22,24-27,29-32H,8-10H2,1-3H3/t11-,15+,20-,21-,22+,24-,25-,26-,27-,29-/m1/s1. The summed E-state index contributed by atoms with van der Waals surface area (Å²) in [6.07, 6.45) is -6.80. The summed E-state index contributed by atoms with van der Waals surface area (Å²) in [6, 6.07) is 6.93. The lowest BCUT2D eigenvalue weighted by Crippen LogP contribution is -2.63. The van der Waals surface area contributed by atoms with Gasteiger partial charge >= 0.3 is 5.97 Å². The van der Waals surface area contributed by atoms with Crippen LogP contribution in [0, 0.1) is 11.8 Å². The number of benzene rings is 2. The van der Waals surface area contributed by atoms with Gasteiger partial charge < -0.3 is 58.0 Å². The molecule has 3 saturated heterocycles. The van der Waals surface area contributed by atoms with E-state index in [1.165, 1.54) is 14.2 Å².